The van der Waals surface area contributed by atoms with Gasteiger partial charge in [0.25, 0.3) is 11.8 Å². The lowest BCUT2D eigenvalue weighted by Crippen LogP contribution is -2.64. The third-order valence-corrected chi connectivity index (χ3v) is 13.4. The van der Waals surface area contributed by atoms with Crippen molar-refractivity contribution in [3.05, 3.63) is 35.9 Å². The molecule has 2 heterocycles. The van der Waals surface area contributed by atoms with Crippen LogP contribution in [0.1, 0.15) is 120 Å². The third kappa shape index (κ3) is 17.8. The number of rotatable bonds is 12. The van der Waals surface area contributed by atoms with Gasteiger partial charge >= 0.3 is 0 Å². The van der Waals surface area contributed by atoms with Gasteiger partial charge < -0.3 is 55.6 Å². The zero-order valence-electron chi connectivity index (χ0n) is 46.2. The smallest absolute Gasteiger partial charge is 0.255 e. The lowest BCUT2D eigenvalue weighted by Gasteiger charge is -2.38. The van der Waals surface area contributed by atoms with Gasteiger partial charge in [-0.05, 0) is 96.5 Å². The Morgan fingerprint density at radius 2 is 1.08 bits per heavy atom. The molecule has 0 aromatic heterocycles. The number of nitrogens with zero attached hydrogens (tertiary/aromatic N) is 5. The summed E-state index contributed by atoms with van der Waals surface area (Å²) in [6.07, 6.45) is 0.881. The maximum atomic E-state index is 14.8. The summed E-state index contributed by atoms with van der Waals surface area (Å²) in [5.41, 5.74) is -0.125. The monoisotopic (exact) mass is 1030 g/mol. The Balaban J connectivity index is 2.34. The quantitative estimate of drug-likeness (QED) is 0.189. The second-order valence-corrected chi connectivity index (χ2v) is 22.2. The molecule has 9 amide bonds. The molecule has 0 bridgehead atoms. The van der Waals surface area contributed by atoms with Crippen molar-refractivity contribution in [3.63, 3.8) is 0 Å². The van der Waals surface area contributed by atoms with Crippen LogP contribution in [0.5, 0.6) is 0 Å². The van der Waals surface area contributed by atoms with Gasteiger partial charge in [0.15, 0.2) is 6.04 Å². The Labute approximate surface area is 433 Å². The highest BCUT2D eigenvalue weighted by Gasteiger charge is 2.44. The molecule has 410 valence electrons. The molecule has 2 fully saturated rings. The summed E-state index contributed by atoms with van der Waals surface area (Å²) in [5.74, 6) is -7.58. The second kappa shape index (κ2) is 27.6. The molecule has 0 radical (unpaired) electrons. The summed E-state index contributed by atoms with van der Waals surface area (Å²) < 4.78 is 6.10. The number of piperidine rings is 1. The minimum Gasteiger partial charge on any atom is -0.391 e. The molecule has 2 aliphatic heterocycles. The van der Waals surface area contributed by atoms with Gasteiger partial charge in [0, 0.05) is 47.7 Å². The highest BCUT2D eigenvalue weighted by molar-refractivity contribution is 6.09. The van der Waals surface area contributed by atoms with E-state index in [4.69, 9.17) is 4.74 Å². The molecule has 3 rings (SSSR count). The molecular formula is C53H87N9O11. The minimum atomic E-state index is -1.85. The Morgan fingerprint density at radius 3 is 1.59 bits per heavy atom. The van der Waals surface area contributed by atoms with Crippen molar-refractivity contribution < 1.29 is 53.0 Å². The number of hydrogen-bond acceptors (Lipinski definition) is 11. The van der Waals surface area contributed by atoms with Crippen LogP contribution >= 0.6 is 0 Å². The van der Waals surface area contributed by atoms with Crippen LogP contribution in [-0.4, -0.2) is 191 Å². The lowest BCUT2D eigenvalue weighted by atomic mass is 9.98. The summed E-state index contributed by atoms with van der Waals surface area (Å²) in [4.78, 5) is 138. The Bertz CT molecular complexity index is 2070. The Hall–Kier alpha value is -5.63. The van der Waals surface area contributed by atoms with Gasteiger partial charge in [0.05, 0.1) is 18.3 Å². The topological polar surface area (TPSA) is 247 Å². The first-order chi connectivity index (χ1) is 34.0. The summed E-state index contributed by atoms with van der Waals surface area (Å²) in [6.45, 7) is 19.4. The average Bonchev–Trinajstić information content (AvgIpc) is 3.33. The van der Waals surface area contributed by atoms with Gasteiger partial charge in [0.2, 0.25) is 41.4 Å². The van der Waals surface area contributed by atoms with E-state index in [-0.39, 0.29) is 50.0 Å². The van der Waals surface area contributed by atoms with Crippen LogP contribution in [0, 0.1) is 17.8 Å². The van der Waals surface area contributed by atoms with Crippen LogP contribution in [0.4, 0.5) is 0 Å². The molecular weight excluding hydrogens is 939 g/mol. The molecule has 9 atom stereocenters. The van der Waals surface area contributed by atoms with Gasteiger partial charge in [-0.2, -0.15) is 0 Å². The first-order valence-electron chi connectivity index (χ1n) is 25.9. The standard InChI is InChI=1S/C53H87N9O11/c1-31(2)26-37-44(64)56-42(35(8)63)50(70)61(15)40(28-33(5)6)47(67)57-43(52(72)62-24-20-17-21-25-62)51(71)58(12)34(7)48(68)59(13)41(29-36-22-18-16-19-23-36)46(66)55-38(30-73-53(9,10)11)49(69)60(14)39(27-32(3)4)45(65)54-37/h16,18-19,22-23,31-35,37-43,63H,17,20-21,24-30H2,1-15H3,(H,54,65)(H,55,66)(H,56,64)(H,57,67)/t34-,35?,37-,38-,39-,40-,41-,42-,43-/m0/s1. The second-order valence-electron chi connectivity index (χ2n) is 22.2. The van der Waals surface area contributed by atoms with Gasteiger partial charge in [-0.1, -0.05) is 71.9 Å². The number of carbonyl (C=O) groups excluding carboxylic acids is 9. The fourth-order valence-electron chi connectivity index (χ4n) is 8.95. The van der Waals surface area contributed by atoms with Gasteiger partial charge in [-0.3, -0.25) is 43.2 Å². The molecule has 5 N–H and O–H groups in total. The molecule has 1 aromatic rings. The maximum Gasteiger partial charge on any atom is 0.255 e. The van der Waals surface area contributed by atoms with Crippen molar-refractivity contribution in [1.29, 1.82) is 0 Å². The summed E-state index contributed by atoms with van der Waals surface area (Å²) in [7, 11) is 5.46. The SMILES string of the molecule is CC(C)C[C@@H]1NC(=O)[C@H](CC(C)C)N(C)C(=O)[C@H](COC(C)(C)C)NC(=O)[C@H](Cc2ccccc2)N(C)C(=O)[C@H](C)N(C)C(=O)[C@@H](C(=O)N2CCCCC2)NC(=O)[C@H](CC(C)C)N(C)C(=O)[C@H](C(C)O)NC1=O. The highest BCUT2D eigenvalue weighted by atomic mass is 16.5. The summed E-state index contributed by atoms with van der Waals surface area (Å²) in [5, 5.41) is 22.0. The third-order valence-electron chi connectivity index (χ3n) is 13.4. The van der Waals surface area contributed by atoms with Crippen molar-refractivity contribution in [1.82, 2.24) is 45.8 Å². The number of likely N-dealkylation sites (N-methyl/N-ethyl adjacent to an activating group) is 4. The molecule has 20 nitrogen and oxygen atoms in total. The molecule has 1 aromatic carbocycles. The number of carbonyl (C=O) groups is 9. The van der Waals surface area contributed by atoms with E-state index in [0.29, 0.717) is 31.5 Å². The van der Waals surface area contributed by atoms with Gasteiger partial charge in [0.1, 0.15) is 42.3 Å². The molecule has 2 aliphatic rings. The average molecular weight is 1030 g/mol. The van der Waals surface area contributed by atoms with Gasteiger partial charge in [-0.25, -0.2) is 0 Å². The van der Waals surface area contributed by atoms with Crippen LogP contribution in [0.2, 0.25) is 0 Å². The van der Waals surface area contributed by atoms with E-state index in [2.05, 4.69) is 21.3 Å². The number of aliphatic hydroxyl groups is 1. The molecule has 2 saturated heterocycles. The van der Waals surface area contributed by atoms with Crippen molar-refractivity contribution in [2.24, 2.45) is 17.8 Å². The molecule has 20 heteroatoms. The Kier molecular flexibility index (Phi) is 23.3. The fourth-order valence-corrected chi connectivity index (χ4v) is 8.95. The van der Waals surface area contributed by atoms with E-state index in [9.17, 15) is 48.3 Å². The van der Waals surface area contributed by atoms with E-state index in [1.54, 1.807) is 51.1 Å². The Morgan fingerprint density at radius 1 is 0.603 bits per heavy atom. The van der Waals surface area contributed by atoms with Crippen molar-refractivity contribution in [3.8, 4) is 0 Å². The maximum absolute atomic E-state index is 14.8. The van der Waals surface area contributed by atoms with Crippen LogP contribution in [-0.2, 0) is 54.3 Å². The van der Waals surface area contributed by atoms with Crippen LogP contribution in [0.3, 0.4) is 0 Å². The van der Waals surface area contributed by atoms with E-state index in [1.165, 1.54) is 56.7 Å². The van der Waals surface area contributed by atoms with E-state index < -0.39 is 113 Å². The highest BCUT2D eigenvalue weighted by Crippen LogP contribution is 2.20. The molecule has 0 saturated carbocycles. The first-order valence-corrected chi connectivity index (χ1v) is 25.9. The van der Waals surface area contributed by atoms with Crippen LogP contribution < -0.4 is 21.3 Å². The predicted octanol–water partition coefficient (Wildman–Crippen LogP) is 1.86. The number of aliphatic hydroxyl groups excluding tert-OH is 1. The number of likely N-dealkylation sites (tertiary alicyclic amines) is 1. The van der Waals surface area contributed by atoms with Crippen molar-refractivity contribution in [2.45, 2.75) is 181 Å². The van der Waals surface area contributed by atoms with E-state index >= 15 is 0 Å². The van der Waals surface area contributed by atoms with Crippen LogP contribution in [0.15, 0.2) is 30.3 Å². The normalized spacial score (nSPS) is 26.2. The molecule has 73 heavy (non-hydrogen) atoms. The number of benzene rings is 1. The minimum absolute atomic E-state index is 0.0284. The van der Waals surface area contributed by atoms with E-state index in [0.717, 1.165) is 16.2 Å². The molecule has 0 spiro atoms. The number of hydrogen-bond donors (Lipinski definition) is 5. The number of ether oxygens (including phenoxy) is 1. The van der Waals surface area contributed by atoms with Crippen molar-refractivity contribution in [2.75, 3.05) is 47.9 Å². The lowest BCUT2D eigenvalue weighted by molar-refractivity contribution is -0.153. The summed E-state index contributed by atoms with van der Waals surface area (Å²) in [6, 6.07) is -2.38. The largest absolute Gasteiger partial charge is 0.391 e. The van der Waals surface area contributed by atoms with E-state index in [1.807, 2.05) is 41.5 Å². The van der Waals surface area contributed by atoms with Crippen molar-refractivity contribution >= 4 is 53.2 Å². The zero-order valence-corrected chi connectivity index (χ0v) is 46.2. The first kappa shape index (κ1) is 61.7. The molecule has 0 aliphatic carbocycles. The molecule has 1 unspecified atom stereocenters. The fraction of sp³-hybridized carbons (Fsp3) is 0.717. The number of amides is 9. The van der Waals surface area contributed by atoms with Gasteiger partial charge in [-0.15, -0.1) is 0 Å². The summed E-state index contributed by atoms with van der Waals surface area (Å²) >= 11 is 0. The van der Waals surface area contributed by atoms with Crippen LogP contribution in [0.25, 0.3) is 0 Å². The number of nitrogens with one attached hydrogen (secondary N) is 4. The predicted molar refractivity (Wildman–Crippen MR) is 276 cm³/mol. The zero-order chi connectivity index (χ0) is 55.2.